The van der Waals surface area contributed by atoms with E-state index in [9.17, 15) is 4.79 Å². The molecule has 2 aromatic rings. The van der Waals surface area contributed by atoms with Crippen LogP contribution in [0.4, 0.5) is 5.69 Å². The summed E-state index contributed by atoms with van der Waals surface area (Å²) in [6.45, 7) is 0.563. The third-order valence-electron chi connectivity index (χ3n) is 2.48. The minimum absolute atomic E-state index is 0.121. The Morgan fingerprint density at radius 1 is 1.47 bits per heavy atom. The van der Waals surface area contributed by atoms with Crippen molar-refractivity contribution in [2.75, 3.05) is 19.4 Å². The minimum atomic E-state index is -0.121. The monoisotopic (exact) mass is 296 g/mol. The first-order valence-corrected chi connectivity index (χ1v) is 6.80. The number of carbonyl (C=O) groups is 1. The molecule has 1 heterocycles. The van der Waals surface area contributed by atoms with E-state index in [1.165, 1.54) is 16.4 Å². The Morgan fingerprint density at radius 2 is 2.26 bits per heavy atom. The van der Waals surface area contributed by atoms with Gasteiger partial charge in [0.2, 0.25) is 0 Å². The van der Waals surface area contributed by atoms with Crippen LogP contribution in [-0.2, 0) is 6.54 Å². The van der Waals surface area contributed by atoms with Gasteiger partial charge in [-0.2, -0.15) is 0 Å². The highest BCUT2D eigenvalue weighted by Crippen LogP contribution is 2.22. The fourth-order valence-electron chi connectivity index (χ4n) is 1.49. The fraction of sp³-hybridized carbons (Fsp3) is 0.250. The molecule has 0 radical (unpaired) electrons. The second-order valence-corrected chi connectivity index (χ2v) is 5.16. The molecule has 1 N–H and O–H groups in total. The molecule has 0 spiro atoms. The van der Waals surface area contributed by atoms with Gasteiger partial charge in [0.05, 0.1) is 22.8 Å². The SMILES string of the molecule is CN(C)C(=O)c1cc(NCc2csnn2)ccc1Cl. The molecule has 1 amide bonds. The van der Waals surface area contributed by atoms with Gasteiger partial charge >= 0.3 is 0 Å². The van der Waals surface area contributed by atoms with Crippen LogP contribution in [0.25, 0.3) is 0 Å². The van der Waals surface area contributed by atoms with Gasteiger partial charge in [0.25, 0.3) is 5.91 Å². The average Bonchev–Trinajstić information content (AvgIpc) is 2.90. The molecule has 0 aliphatic rings. The molecule has 0 bridgehead atoms. The Morgan fingerprint density at radius 3 is 2.89 bits per heavy atom. The first kappa shape index (κ1) is 13.8. The van der Waals surface area contributed by atoms with Crippen LogP contribution in [-0.4, -0.2) is 34.5 Å². The van der Waals surface area contributed by atoms with Gasteiger partial charge in [-0.15, -0.1) is 5.10 Å². The predicted octanol–water partition coefficient (Wildman–Crippen LogP) is 2.51. The highest BCUT2D eigenvalue weighted by Gasteiger charge is 2.13. The summed E-state index contributed by atoms with van der Waals surface area (Å²) in [5.41, 5.74) is 2.16. The molecule has 0 fully saturated rings. The van der Waals surface area contributed by atoms with Crippen LogP contribution in [0.3, 0.4) is 0 Å². The molecule has 100 valence electrons. The van der Waals surface area contributed by atoms with Crippen molar-refractivity contribution in [2.45, 2.75) is 6.54 Å². The normalized spacial score (nSPS) is 10.3. The number of aromatic nitrogens is 2. The minimum Gasteiger partial charge on any atom is -0.379 e. The van der Waals surface area contributed by atoms with E-state index in [1.807, 2.05) is 11.4 Å². The number of nitrogens with one attached hydrogen (secondary N) is 1. The summed E-state index contributed by atoms with van der Waals surface area (Å²) in [4.78, 5) is 13.4. The van der Waals surface area contributed by atoms with Crippen molar-refractivity contribution in [3.05, 3.63) is 39.9 Å². The van der Waals surface area contributed by atoms with Crippen molar-refractivity contribution in [1.29, 1.82) is 0 Å². The average molecular weight is 297 g/mol. The lowest BCUT2D eigenvalue weighted by atomic mass is 10.1. The summed E-state index contributed by atoms with van der Waals surface area (Å²) in [5.74, 6) is -0.121. The summed E-state index contributed by atoms with van der Waals surface area (Å²) < 4.78 is 3.79. The molecule has 7 heteroatoms. The molecule has 5 nitrogen and oxygen atoms in total. The van der Waals surface area contributed by atoms with Crippen molar-refractivity contribution >= 4 is 34.7 Å². The van der Waals surface area contributed by atoms with Crippen LogP contribution in [0.1, 0.15) is 16.1 Å². The zero-order chi connectivity index (χ0) is 13.8. The molecule has 2 rings (SSSR count). The number of anilines is 1. The fourth-order valence-corrected chi connectivity index (χ4v) is 2.14. The molecular formula is C12H13ClN4OS. The maximum absolute atomic E-state index is 11.9. The highest BCUT2D eigenvalue weighted by atomic mass is 35.5. The number of benzene rings is 1. The van der Waals surface area contributed by atoms with Crippen molar-refractivity contribution in [3.63, 3.8) is 0 Å². The van der Waals surface area contributed by atoms with Gasteiger partial charge in [0.1, 0.15) is 0 Å². The number of nitrogens with zero attached hydrogens (tertiary/aromatic N) is 3. The molecular weight excluding hydrogens is 284 g/mol. The third kappa shape index (κ3) is 3.42. The number of rotatable bonds is 4. The molecule has 0 saturated carbocycles. The molecule has 19 heavy (non-hydrogen) atoms. The molecule has 1 aromatic heterocycles. The Bertz CT molecular complexity index is 571. The molecule has 0 unspecified atom stereocenters. The van der Waals surface area contributed by atoms with E-state index in [0.717, 1.165) is 11.4 Å². The first-order chi connectivity index (χ1) is 9.08. The number of hydrogen-bond acceptors (Lipinski definition) is 5. The van der Waals surface area contributed by atoms with Crippen molar-refractivity contribution < 1.29 is 4.79 Å². The lowest BCUT2D eigenvalue weighted by Crippen LogP contribution is -2.22. The van der Waals surface area contributed by atoms with Crippen molar-refractivity contribution in [1.82, 2.24) is 14.5 Å². The van der Waals surface area contributed by atoms with Gasteiger partial charge in [-0.1, -0.05) is 16.1 Å². The molecule has 0 aliphatic carbocycles. The summed E-state index contributed by atoms with van der Waals surface area (Å²) in [5, 5.41) is 9.44. The van der Waals surface area contributed by atoms with Gasteiger partial charge in [0.15, 0.2) is 0 Å². The van der Waals surface area contributed by atoms with Crippen LogP contribution in [0, 0.1) is 0 Å². The Balaban J connectivity index is 2.14. The predicted molar refractivity (Wildman–Crippen MR) is 76.7 cm³/mol. The summed E-state index contributed by atoms with van der Waals surface area (Å²) in [7, 11) is 3.39. The van der Waals surface area contributed by atoms with E-state index in [4.69, 9.17) is 11.6 Å². The summed E-state index contributed by atoms with van der Waals surface area (Å²) >= 11 is 7.35. The van der Waals surface area contributed by atoms with Crippen LogP contribution in [0.2, 0.25) is 5.02 Å². The lowest BCUT2D eigenvalue weighted by Gasteiger charge is -2.13. The summed E-state index contributed by atoms with van der Waals surface area (Å²) in [6.07, 6.45) is 0. The standard InChI is InChI=1S/C12H13ClN4OS/c1-17(2)12(18)10-5-8(3-4-11(10)13)14-6-9-7-19-16-15-9/h3-5,7,14H,6H2,1-2H3. The summed E-state index contributed by atoms with van der Waals surface area (Å²) in [6, 6.07) is 5.28. The van der Waals surface area contributed by atoms with Crippen LogP contribution in [0.5, 0.6) is 0 Å². The first-order valence-electron chi connectivity index (χ1n) is 5.59. The van der Waals surface area contributed by atoms with Gasteiger partial charge in [-0.25, -0.2) is 0 Å². The van der Waals surface area contributed by atoms with Gasteiger partial charge < -0.3 is 10.2 Å². The Kier molecular flexibility index (Phi) is 4.34. The zero-order valence-electron chi connectivity index (χ0n) is 10.6. The van der Waals surface area contributed by atoms with E-state index in [-0.39, 0.29) is 5.91 Å². The molecule has 0 aliphatic heterocycles. The number of halogens is 1. The largest absolute Gasteiger partial charge is 0.379 e. The van der Waals surface area contributed by atoms with Crippen LogP contribution < -0.4 is 5.32 Å². The van der Waals surface area contributed by atoms with E-state index in [0.29, 0.717) is 17.1 Å². The highest BCUT2D eigenvalue weighted by molar-refractivity contribution is 7.03. The van der Waals surface area contributed by atoms with Gasteiger partial charge in [0, 0.05) is 25.2 Å². The number of amides is 1. The Hall–Kier alpha value is -1.66. The zero-order valence-corrected chi connectivity index (χ0v) is 12.1. The molecule has 0 saturated heterocycles. The van der Waals surface area contributed by atoms with Gasteiger partial charge in [-0.05, 0) is 29.7 Å². The van der Waals surface area contributed by atoms with Crippen molar-refractivity contribution in [3.8, 4) is 0 Å². The lowest BCUT2D eigenvalue weighted by molar-refractivity contribution is 0.0828. The Labute approximate surface area is 120 Å². The maximum atomic E-state index is 11.9. The quantitative estimate of drug-likeness (QED) is 0.942. The van der Waals surface area contributed by atoms with E-state index in [2.05, 4.69) is 14.9 Å². The second kappa shape index (κ2) is 5.99. The maximum Gasteiger partial charge on any atom is 0.254 e. The van der Waals surface area contributed by atoms with E-state index >= 15 is 0 Å². The smallest absolute Gasteiger partial charge is 0.254 e. The number of hydrogen-bond donors (Lipinski definition) is 1. The molecule has 1 aromatic carbocycles. The van der Waals surface area contributed by atoms with Gasteiger partial charge in [-0.3, -0.25) is 4.79 Å². The third-order valence-corrected chi connectivity index (χ3v) is 3.36. The van der Waals surface area contributed by atoms with Crippen molar-refractivity contribution in [2.24, 2.45) is 0 Å². The number of carbonyl (C=O) groups excluding carboxylic acids is 1. The molecule has 0 atom stereocenters. The topological polar surface area (TPSA) is 58.1 Å². The van der Waals surface area contributed by atoms with E-state index in [1.54, 1.807) is 26.2 Å². The second-order valence-electron chi connectivity index (χ2n) is 4.14. The van der Waals surface area contributed by atoms with E-state index < -0.39 is 0 Å². The van der Waals surface area contributed by atoms with Crippen LogP contribution in [0.15, 0.2) is 23.6 Å². The van der Waals surface area contributed by atoms with Crippen LogP contribution >= 0.6 is 23.1 Å².